The number of rotatable bonds is 8. The number of carbonyl (C=O) groups is 1. The average Bonchev–Trinajstić information content (AvgIpc) is 2.40. The second-order valence-electron chi connectivity index (χ2n) is 3.95. The zero-order valence-electron chi connectivity index (χ0n) is 11.2. The lowest BCUT2D eigenvalue weighted by Crippen LogP contribution is -2.22. The molecule has 0 unspecified atom stereocenters. The van der Waals surface area contributed by atoms with E-state index in [2.05, 4.69) is 17.2 Å². The maximum absolute atomic E-state index is 11.7. The van der Waals surface area contributed by atoms with Crippen molar-refractivity contribution in [1.29, 1.82) is 0 Å². The molecule has 0 spiro atoms. The molecule has 1 aromatic rings. The fraction of sp³-hybridized carbons (Fsp3) is 0.357. The first-order valence-corrected chi connectivity index (χ1v) is 7.44. The van der Waals surface area contributed by atoms with Gasteiger partial charge in [0.05, 0.1) is 11.4 Å². The van der Waals surface area contributed by atoms with E-state index < -0.39 is 0 Å². The molecule has 0 aliphatic rings. The molecule has 0 saturated carbocycles. The first-order chi connectivity index (χ1) is 9.19. The van der Waals surface area contributed by atoms with Crippen LogP contribution in [0.2, 0.25) is 0 Å². The molecule has 0 heterocycles. The van der Waals surface area contributed by atoms with Gasteiger partial charge >= 0.3 is 0 Å². The number of hydrogen-bond donors (Lipinski definition) is 3. The first kappa shape index (κ1) is 15.4. The van der Waals surface area contributed by atoms with Crippen LogP contribution in [0.25, 0.3) is 0 Å². The van der Waals surface area contributed by atoms with Crippen LogP contribution in [0.1, 0.15) is 17.3 Å². The molecule has 1 amide bonds. The minimum atomic E-state index is -0.0772. The Morgan fingerprint density at radius 2 is 2.32 bits per heavy atom. The van der Waals surface area contributed by atoms with Crippen molar-refractivity contribution in [1.82, 2.24) is 5.32 Å². The van der Waals surface area contributed by atoms with Crippen LogP contribution in [0, 0.1) is 0 Å². The number of nitrogen functional groups attached to an aromatic ring is 1. The largest absolute Gasteiger partial charge is 0.397 e. The van der Waals surface area contributed by atoms with E-state index in [1.807, 2.05) is 13.0 Å². The second-order valence-corrected chi connectivity index (χ2v) is 5.10. The molecular formula is C14H21N3OS. The topological polar surface area (TPSA) is 67.2 Å². The van der Waals surface area contributed by atoms with E-state index in [4.69, 9.17) is 5.73 Å². The van der Waals surface area contributed by atoms with Crippen molar-refractivity contribution in [3.8, 4) is 0 Å². The smallest absolute Gasteiger partial charge is 0.251 e. The van der Waals surface area contributed by atoms with Crippen molar-refractivity contribution in [2.45, 2.75) is 6.92 Å². The highest BCUT2D eigenvalue weighted by Gasteiger charge is 2.07. The van der Waals surface area contributed by atoms with Gasteiger partial charge in [-0.25, -0.2) is 0 Å². The second kappa shape index (κ2) is 8.48. The summed E-state index contributed by atoms with van der Waals surface area (Å²) in [6, 6.07) is 5.28. The zero-order chi connectivity index (χ0) is 14.1. The molecule has 1 rings (SSSR count). The highest BCUT2D eigenvalue weighted by molar-refractivity contribution is 7.99. The number of amides is 1. The maximum Gasteiger partial charge on any atom is 0.251 e. The summed E-state index contributed by atoms with van der Waals surface area (Å²) < 4.78 is 0. The molecule has 5 heteroatoms. The molecular weight excluding hydrogens is 258 g/mol. The van der Waals surface area contributed by atoms with Crippen LogP contribution in [0.5, 0.6) is 0 Å². The summed E-state index contributed by atoms with van der Waals surface area (Å²) in [5.74, 6) is 1.83. The lowest BCUT2D eigenvalue weighted by molar-refractivity contribution is 0.0956. The van der Waals surface area contributed by atoms with Gasteiger partial charge in [0.15, 0.2) is 0 Å². The van der Waals surface area contributed by atoms with Crippen molar-refractivity contribution in [3.63, 3.8) is 0 Å². The summed E-state index contributed by atoms with van der Waals surface area (Å²) in [7, 11) is 0. The number of hydrogen-bond acceptors (Lipinski definition) is 4. The normalized spacial score (nSPS) is 9.95. The quantitative estimate of drug-likeness (QED) is 0.388. The minimum Gasteiger partial charge on any atom is -0.397 e. The lowest BCUT2D eigenvalue weighted by Gasteiger charge is -2.11. The molecule has 4 nitrogen and oxygen atoms in total. The van der Waals surface area contributed by atoms with Gasteiger partial charge in [0.1, 0.15) is 0 Å². The Morgan fingerprint density at radius 3 is 3.00 bits per heavy atom. The van der Waals surface area contributed by atoms with Crippen LogP contribution >= 0.6 is 11.8 Å². The predicted octanol–water partition coefficient (Wildman–Crippen LogP) is 2.35. The Bertz CT molecular complexity index is 435. The van der Waals surface area contributed by atoms with Gasteiger partial charge in [-0.1, -0.05) is 6.08 Å². The highest BCUT2D eigenvalue weighted by Crippen LogP contribution is 2.20. The van der Waals surface area contributed by atoms with Crippen LogP contribution in [0.4, 0.5) is 11.4 Å². The average molecular weight is 279 g/mol. The summed E-state index contributed by atoms with van der Waals surface area (Å²) in [5, 5.41) is 6.02. The number of benzene rings is 1. The van der Waals surface area contributed by atoms with Crippen molar-refractivity contribution in [2.75, 3.05) is 35.6 Å². The van der Waals surface area contributed by atoms with Gasteiger partial charge in [-0.2, -0.15) is 11.8 Å². The fourth-order valence-corrected chi connectivity index (χ4v) is 2.12. The predicted molar refractivity (Wildman–Crippen MR) is 84.9 cm³/mol. The summed E-state index contributed by atoms with van der Waals surface area (Å²) in [6.07, 6.45) is 1.88. The van der Waals surface area contributed by atoms with Gasteiger partial charge in [-0.15, -0.1) is 6.58 Å². The molecule has 19 heavy (non-hydrogen) atoms. The summed E-state index contributed by atoms with van der Waals surface area (Å²) >= 11 is 1.80. The third-order valence-electron chi connectivity index (χ3n) is 2.45. The Balaban J connectivity index is 2.58. The Hall–Kier alpha value is -1.62. The molecule has 1 aromatic carbocycles. The van der Waals surface area contributed by atoms with E-state index in [0.717, 1.165) is 23.7 Å². The SMILES string of the molecule is C=CCSCCNc1cc(C(=O)NCC)ccc1N. The molecule has 0 fully saturated rings. The molecule has 0 aromatic heterocycles. The van der Waals surface area contributed by atoms with Crippen molar-refractivity contribution >= 4 is 29.0 Å². The number of nitrogens with one attached hydrogen (secondary N) is 2. The van der Waals surface area contributed by atoms with Gasteiger partial charge in [-0.05, 0) is 25.1 Å². The van der Waals surface area contributed by atoms with E-state index in [1.165, 1.54) is 0 Å². The number of anilines is 2. The Morgan fingerprint density at radius 1 is 1.53 bits per heavy atom. The third-order valence-corrected chi connectivity index (χ3v) is 3.41. The van der Waals surface area contributed by atoms with Gasteiger partial charge in [-0.3, -0.25) is 4.79 Å². The first-order valence-electron chi connectivity index (χ1n) is 6.29. The van der Waals surface area contributed by atoms with Crippen LogP contribution < -0.4 is 16.4 Å². The Kier molecular flexibility index (Phi) is 6.89. The fourth-order valence-electron chi connectivity index (χ4n) is 1.54. The van der Waals surface area contributed by atoms with Gasteiger partial charge in [0.25, 0.3) is 5.91 Å². The monoisotopic (exact) mass is 279 g/mol. The van der Waals surface area contributed by atoms with Crippen LogP contribution in [-0.2, 0) is 0 Å². The Labute approximate surface area is 118 Å². The van der Waals surface area contributed by atoms with E-state index >= 15 is 0 Å². The number of nitrogens with two attached hydrogens (primary N) is 1. The minimum absolute atomic E-state index is 0.0772. The summed E-state index contributed by atoms with van der Waals surface area (Å²) in [4.78, 5) is 11.7. The molecule has 0 atom stereocenters. The van der Waals surface area contributed by atoms with E-state index in [0.29, 0.717) is 17.8 Å². The van der Waals surface area contributed by atoms with E-state index in [9.17, 15) is 4.79 Å². The standard InChI is InChI=1S/C14H21N3OS/c1-3-8-19-9-7-17-13-10-11(5-6-12(13)15)14(18)16-4-2/h3,5-6,10,17H,1,4,7-9,15H2,2H3,(H,16,18). The summed E-state index contributed by atoms with van der Waals surface area (Å²) in [6.45, 7) is 6.99. The van der Waals surface area contributed by atoms with Gasteiger partial charge in [0.2, 0.25) is 0 Å². The van der Waals surface area contributed by atoms with Crippen molar-refractivity contribution in [2.24, 2.45) is 0 Å². The zero-order valence-corrected chi connectivity index (χ0v) is 12.1. The maximum atomic E-state index is 11.7. The molecule has 0 aliphatic carbocycles. The molecule has 0 saturated heterocycles. The molecule has 104 valence electrons. The van der Waals surface area contributed by atoms with Crippen LogP contribution in [0.15, 0.2) is 30.9 Å². The highest BCUT2D eigenvalue weighted by atomic mass is 32.2. The van der Waals surface area contributed by atoms with Gasteiger partial charge in [0, 0.05) is 30.2 Å². The third kappa shape index (κ3) is 5.26. The van der Waals surface area contributed by atoms with Crippen LogP contribution in [-0.4, -0.2) is 30.5 Å². The van der Waals surface area contributed by atoms with Gasteiger partial charge < -0.3 is 16.4 Å². The molecule has 0 radical (unpaired) electrons. The summed E-state index contributed by atoms with van der Waals surface area (Å²) in [5.41, 5.74) is 7.97. The van der Waals surface area contributed by atoms with Crippen LogP contribution in [0.3, 0.4) is 0 Å². The molecule has 0 aliphatic heterocycles. The van der Waals surface area contributed by atoms with E-state index in [1.54, 1.807) is 30.0 Å². The molecule has 4 N–H and O–H groups in total. The van der Waals surface area contributed by atoms with Crippen molar-refractivity contribution < 1.29 is 4.79 Å². The van der Waals surface area contributed by atoms with E-state index in [-0.39, 0.29) is 5.91 Å². The number of carbonyl (C=O) groups excluding carboxylic acids is 1. The molecule has 0 bridgehead atoms. The van der Waals surface area contributed by atoms with Crippen molar-refractivity contribution in [3.05, 3.63) is 36.4 Å². The number of thioether (sulfide) groups is 1. The lowest BCUT2D eigenvalue weighted by atomic mass is 10.1.